The molecule has 0 aliphatic carbocycles. The van der Waals surface area contributed by atoms with Crippen molar-refractivity contribution in [2.24, 2.45) is 0 Å². The third-order valence-corrected chi connectivity index (χ3v) is 4.15. The van der Waals surface area contributed by atoms with Gasteiger partial charge in [-0.25, -0.2) is 4.79 Å². The minimum Gasteiger partial charge on any atom is -0.465 e. The predicted molar refractivity (Wildman–Crippen MR) is 89.5 cm³/mol. The van der Waals surface area contributed by atoms with Gasteiger partial charge in [0.25, 0.3) is 0 Å². The number of ether oxygens (including phenoxy) is 1. The van der Waals surface area contributed by atoms with Gasteiger partial charge in [0.05, 0.1) is 6.04 Å². The Bertz CT molecular complexity index is 611. The van der Waals surface area contributed by atoms with Crippen molar-refractivity contribution in [3.63, 3.8) is 0 Å². The Kier molecular flexibility index (Phi) is 6.28. The minimum atomic E-state index is -0.949. The Morgan fingerprint density at radius 3 is 2.91 bits per heavy atom. The zero-order valence-corrected chi connectivity index (χ0v) is 14.1. The summed E-state index contributed by atoms with van der Waals surface area (Å²) in [4.78, 5) is 14.7. The SMILES string of the molecule is CCC(C#Cc1cccc(Cl)c1)N1CCN(C(=O)O)C(OC)C1. The molecule has 23 heavy (non-hydrogen) atoms. The molecule has 1 fully saturated rings. The second-order valence-electron chi connectivity index (χ2n) is 5.36. The molecular weight excluding hydrogens is 316 g/mol. The molecule has 0 saturated carbocycles. The van der Waals surface area contributed by atoms with Crippen LogP contribution in [-0.4, -0.2) is 60.0 Å². The average molecular weight is 337 g/mol. The van der Waals surface area contributed by atoms with Crippen LogP contribution >= 0.6 is 11.6 Å². The second-order valence-corrected chi connectivity index (χ2v) is 5.80. The minimum absolute atomic E-state index is 0.0579. The van der Waals surface area contributed by atoms with Crippen molar-refractivity contribution in [2.45, 2.75) is 25.6 Å². The van der Waals surface area contributed by atoms with Gasteiger partial charge in [0.15, 0.2) is 0 Å². The highest BCUT2D eigenvalue weighted by Gasteiger charge is 2.32. The second kappa shape index (κ2) is 8.21. The van der Waals surface area contributed by atoms with E-state index in [1.165, 1.54) is 12.0 Å². The molecule has 1 N–H and O–H groups in total. The van der Waals surface area contributed by atoms with E-state index in [-0.39, 0.29) is 6.04 Å². The van der Waals surface area contributed by atoms with Crippen LogP contribution in [0, 0.1) is 11.8 Å². The van der Waals surface area contributed by atoms with Crippen LogP contribution in [0.3, 0.4) is 0 Å². The fraction of sp³-hybridized carbons (Fsp3) is 0.471. The van der Waals surface area contributed by atoms with Crippen LogP contribution in [0.4, 0.5) is 4.79 Å². The largest absolute Gasteiger partial charge is 0.465 e. The fourth-order valence-corrected chi connectivity index (χ4v) is 2.85. The number of piperazine rings is 1. The number of carbonyl (C=O) groups is 1. The number of carboxylic acid groups (broad SMARTS) is 1. The van der Waals surface area contributed by atoms with Crippen molar-refractivity contribution in [2.75, 3.05) is 26.7 Å². The number of methoxy groups -OCH3 is 1. The summed E-state index contributed by atoms with van der Waals surface area (Å²) in [5.41, 5.74) is 0.878. The molecule has 2 unspecified atom stereocenters. The van der Waals surface area contributed by atoms with Gasteiger partial charge in [0, 0.05) is 37.3 Å². The van der Waals surface area contributed by atoms with Crippen molar-refractivity contribution >= 4 is 17.7 Å². The summed E-state index contributed by atoms with van der Waals surface area (Å²) in [5, 5.41) is 9.85. The van der Waals surface area contributed by atoms with Gasteiger partial charge in [0.1, 0.15) is 6.23 Å². The maximum Gasteiger partial charge on any atom is 0.409 e. The third kappa shape index (κ3) is 4.61. The zero-order chi connectivity index (χ0) is 16.8. The highest BCUT2D eigenvalue weighted by atomic mass is 35.5. The Morgan fingerprint density at radius 2 is 2.30 bits per heavy atom. The third-order valence-electron chi connectivity index (χ3n) is 3.92. The quantitative estimate of drug-likeness (QED) is 0.862. The molecule has 0 bridgehead atoms. The maximum absolute atomic E-state index is 11.2. The van der Waals surface area contributed by atoms with E-state index in [1.54, 1.807) is 0 Å². The molecule has 1 aromatic carbocycles. The molecule has 1 saturated heterocycles. The van der Waals surface area contributed by atoms with Gasteiger partial charge in [-0.1, -0.05) is 36.4 Å². The number of amides is 1. The van der Waals surface area contributed by atoms with Crippen LogP contribution in [0.2, 0.25) is 5.02 Å². The van der Waals surface area contributed by atoms with Crippen molar-refractivity contribution in [3.8, 4) is 11.8 Å². The number of hydrogen-bond donors (Lipinski definition) is 1. The highest BCUT2D eigenvalue weighted by molar-refractivity contribution is 6.30. The lowest BCUT2D eigenvalue weighted by molar-refractivity contribution is -0.0719. The van der Waals surface area contributed by atoms with Gasteiger partial charge in [0.2, 0.25) is 0 Å². The monoisotopic (exact) mass is 336 g/mol. The summed E-state index contributed by atoms with van der Waals surface area (Å²) >= 11 is 5.97. The number of hydrogen-bond acceptors (Lipinski definition) is 3. The summed E-state index contributed by atoms with van der Waals surface area (Å²) < 4.78 is 5.31. The first-order valence-electron chi connectivity index (χ1n) is 7.58. The summed E-state index contributed by atoms with van der Waals surface area (Å²) in [7, 11) is 1.53. The summed E-state index contributed by atoms with van der Waals surface area (Å²) in [6.45, 7) is 3.66. The first-order valence-corrected chi connectivity index (χ1v) is 7.96. The molecule has 1 aromatic rings. The van der Waals surface area contributed by atoms with Crippen LogP contribution < -0.4 is 0 Å². The lowest BCUT2D eigenvalue weighted by atomic mass is 10.1. The molecule has 5 nitrogen and oxygen atoms in total. The Labute approximate surface area is 141 Å². The molecule has 0 aromatic heterocycles. The Balaban J connectivity index is 2.08. The van der Waals surface area contributed by atoms with Crippen LogP contribution in [0.15, 0.2) is 24.3 Å². The van der Waals surface area contributed by atoms with Crippen molar-refractivity contribution in [1.82, 2.24) is 9.80 Å². The number of benzene rings is 1. The van der Waals surface area contributed by atoms with Gasteiger partial charge in [-0.2, -0.15) is 0 Å². The van der Waals surface area contributed by atoms with E-state index < -0.39 is 12.3 Å². The van der Waals surface area contributed by atoms with Crippen LogP contribution in [0.1, 0.15) is 18.9 Å². The van der Waals surface area contributed by atoms with E-state index in [0.29, 0.717) is 24.7 Å². The van der Waals surface area contributed by atoms with E-state index in [0.717, 1.165) is 12.0 Å². The molecule has 6 heteroatoms. The van der Waals surface area contributed by atoms with Gasteiger partial charge >= 0.3 is 6.09 Å². The molecule has 1 amide bonds. The van der Waals surface area contributed by atoms with Crippen LogP contribution in [0.25, 0.3) is 0 Å². The molecule has 2 rings (SSSR count). The van der Waals surface area contributed by atoms with E-state index in [4.69, 9.17) is 16.3 Å². The predicted octanol–water partition coefficient (Wildman–Crippen LogP) is 2.74. The first kappa shape index (κ1) is 17.6. The topological polar surface area (TPSA) is 53.0 Å². The van der Waals surface area contributed by atoms with Crippen LogP contribution in [-0.2, 0) is 4.74 Å². The lowest BCUT2D eigenvalue weighted by Crippen LogP contribution is -2.57. The molecular formula is C17H21ClN2O3. The highest BCUT2D eigenvalue weighted by Crippen LogP contribution is 2.15. The molecule has 0 spiro atoms. The zero-order valence-electron chi connectivity index (χ0n) is 13.3. The molecule has 1 heterocycles. The molecule has 1 aliphatic rings. The van der Waals surface area contributed by atoms with Gasteiger partial charge in [-0.05, 0) is 24.6 Å². The molecule has 0 radical (unpaired) electrons. The lowest BCUT2D eigenvalue weighted by Gasteiger charge is -2.40. The Hall–Kier alpha value is -1.74. The number of rotatable bonds is 3. The average Bonchev–Trinajstić information content (AvgIpc) is 2.55. The van der Waals surface area contributed by atoms with Crippen LogP contribution in [0.5, 0.6) is 0 Å². The van der Waals surface area contributed by atoms with E-state index in [9.17, 15) is 9.90 Å². The first-order chi connectivity index (χ1) is 11.0. The van der Waals surface area contributed by atoms with Crippen molar-refractivity contribution in [3.05, 3.63) is 34.9 Å². The van der Waals surface area contributed by atoms with E-state index in [1.807, 2.05) is 24.3 Å². The number of halogens is 1. The molecule has 2 atom stereocenters. The van der Waals surface area contributed by atoms with Gasteiger partial charge < -0.3 is 9.84 Å². The van der Waals surface area contributed by atoms with Crippen molar-refractivity contribution < 1.29 is 14.6 Å². The summed E-state index contributed by atoms with van der Waals surface area (Å²) in [6.07, 6.45) is -0.547. The Morgan fingerprint density at radius 1 is 1.52 bits per heavy atom. The fourth-order valence-electron chi connectivity index (χ4n) is 2.66. The standard InChI is InChI=1S/C17H21ClN2O3/c1-3-15(8-7-13-5-4-6-14(18)11-13)19-9-10-20(17(21)22)16(12-19)23-2/h4-6,11,15-16H,3,9-10,12H2,1-2H3,(H,21,22). The summed E-state index contributed by atoms with van der Waals surface area (Å²) in [6, 6.07) is 7.51. The normalized spacial score (nSPS) is 19.8. The smallest absolute Gasteiger partial charge is 0.409 e. The van der Waals surface area contributed by atoms with Gasteiger partial charge in [-0.15, -0.1) is 0 Å². The maximum atomic E-state index is 11.2. The van der Waals surface area contributed by atoms with Crippen molar-refractivity contribution in [1.29, 1.82) is 0 Å². The van der Waals surface area contributed by atoms with Gasteiger partial charge in [-0.3, -0.25) is 9.80 Å². The van der Waals surface area contributed by atoms with E-state index in [2.05, 4.69) is 23.7 Å². The molecule has 1 aliphatic heterocycles. The summed E-state index contributed by atoms with van der Waals surface area (Å²) in [5.74, 6) is 6.42. The molecule has 124 valence electrons. The van der Waals surface area contributed by atoms with E-state index >= 15 is 0 Å². The number of nitrogens with zero attached hydrogens (tertiary/aromatic N) is 2.